The number of ether oxygens (including phenoxy) is 2. The van der Waals surface area contributed by atoms with Crippen LogP contribution in [0.25, 0.3) is 0 Å². The first-order valence-electron chi connectivity index (χ1n) is 9.24. The number of amides is 1. The number of anilines is 2. The van der Waals surface area contributed by atoms with E-state index in [0.29, 0.717) is 18.2 Å². The molecule has 2 aromatic carbocycles. The molecule has 3 N–H and O–H groups in total. The number of nitrogens with one attached hydrogen (secondary N) is 2. The van der Waals surface area contributed by atoms with Gasteiger partial charge in [-0.25, -0.2) is 8.42 Å². The van der Waals surface area contributed by atoms with Crippen molar-refractivity contribution in [2.45, 2.75) is 37.6 Å². The third-order valence-electron chi connectivity index (χ3n) is 3.95. The molecule has 0 saturated carbocycles. The average Bonchev–Trinajstić information content (AvgIpc) is 2.64. The topological polar surface area (TPSA) is 114 Å². The van der Waals surface area contributed by atoms with Crippen LogP contribution in [0.1, 0.15) is 13.8 Å². The smallest absolute Gasteiger partial charge is 0.406 e. The summed E-state index contributed by atoms with van der Waals surface area (Å²) in [6.07, 6.45) is -11.9. The predicted molar refractivity (Wildman–Crippen MR) is 107 cm³/mol. The average molecular weight is 516 g/mol. The van der Waals surface area contributed by atoms with Gasteiger partial charge in [0.1, 0.15) is 16.7 Å². The Labute approximate surface area is 189 Å². The van der Waals surface area contributed by atoms with Crippen molar-refractivity contribution < 1.29 is 54.1 Å². The number of aliphatic hydroxyl groups is 1. The summed E-state index contributed by atoms with van der Waals surface area (Å²) >= 11 is 0. The number of alkyl halides is 6. The van der Waals surface area contributed by atoms with E-state index in [-0.39, 0.29) is 5.69 Å². The third-order valence-corrected chi connectivity index (χ3v) is 5.37. The quantitative estimate of drug-likeness (QED) is 0.453. The van der Waals surface area contributed by atoms with E-state index in [4.69, 9.17) is 0 Å². The minimum Gasteiger partial charge on any atom is -0.406 e. The van der Waals surface area contributed by atoms with Crippen LogP contribution < -0.4 is 19.5 Å². The van der Waals surface area contributed by atoms with Crippen LogP contribution in [0.2, 0.25) is 0 Å². The maximum Gasteiger partial charge on any atom is 0.573 e. The summed E-state index contributed by atoms with van der Waals surface area (Å²) in [6, 6.07) is 5.78. The lowest BCUT2D eigenvalue weighted by molar-refractivity contribution is -0.276. The van der Waals surface area contributed by atoms with E-state index in [1.54, 1.807) is 0 Å². The van der Waals surface area contributed by atoms with E-state index < -0.39 is 62.8 Å². The zero-order chi connectivity index (χ0) is 25.9. The normalized spacial score (nSPS) is 13.4. The fourth-order valence-corrected chi connectivity index (χ4v) is 3.66. The number of hydrogen-bond acceptors (Lipinski definition) is 6. The largest absolute Gasteiger partial charge is 0.573 e. The first-order chi connectivity index (χ1) is 15.5. The van der Waals surface area contributed by atoms with Gasteiger partial charge in [0.2, 0.25) is 0 Å². The second kappa shape index (κ2) is 9.97. The van der Waals surface area contributed by atoms with E-state index in [0.717, 1.165) is 24.3 Å². The molecule has 15 heteroatoms. The molecular formula is C19H18F6N2O6S. The van der Waals surface area contributed by atoms with Crippen LogP contribution >= 0.6 is 0 Å². The van der Waals surface area contributed by atoms with Gasteiger partial charge in [-0.1, -0.05) is 19.9 Å². The molecule has 0 aliphatic heterocycles. The Bertz CT molecular complexity index is 1130. The molecule has 34 heavy (non-hydrogen) atoms. The summed E-state index contributed by atoms with van der Waals surface area (Å²) in [5.74, 6) is -3.49. The van der Waals surface area contributed by atoms with E-state index in [1.165, 1.54) is 13.8 Å². The molecule has 1 atom stereocenters. The first kappa shape index (κ1) is 27.0. The summed E-state index contributed by atoms with van der Waals surface area (Å²) in [5.41, 5.74) is -0.763. The van der Waals surface area contributed by atoms with Crippen molar-refractivity contribution in [3.8, 4) is 11.5 Å². The molecule has 2 aromatic rings. The molecule has 0 saturated heterocycles. The van der Waals surface area contributed by atoms with Crippen molar-refractivity contribution in [3.05, 3.63) is 42.5 Å². The van der Waals surface area contributed by atoms with Crippen molar-refractivity contribution in [2.75, 3.05) is 10.0 Å². The second-order valence-corrected chi connectivity index (χ2v) is 8.72. The molecule has 0 aromatic heterocycles. The summed E-state index contributed by atoms with van der Waals surface area (Å²) in [5, 5.41) is 11.9. The minimum atomic E-state index is -5.33. The number of hydrogen-bond donors (Lipinski definition) is 3. The fraction of sp³-hybridized carbons (Fsp3) is 0.316. The van der Waals surface area contributed by atoms with Gasteiger partial charge in [0.05, 0.1) is 5.69 Å². The van der Waals surface area contributed by atoms with Crippen LogP contribution in [0.5, 0.6) is 11.5 Å². The molecular weight excluding hydrogens is 498 g/mol. The molecule has 0 bridgehead atoms. The molecule has 188 valence electrons. The van der Waals surface area contributed by atoms with Crippen molar-refractivity contribution in [1.29, 1.82) is 0 Å². The van der Waals surface area contributed by atoms with Crippen molar-refractivity contribution in [2.24, 2.45) is 5.92 Å². The molecule has 0 unspecified atom stereocenters. The lowest BCUT2D eigenvalue weighted by Gasteiger charge is -2.18. The monoisotopic (exact) mass is 516 g/mol. The zero-order valence-corrected chi connectivity index (χ0v) is 18.2. The van der Waals surface area contributed by atoms with Crippen molar-refractivity contribution in [3.63, 3.8) is 0 Å². The van der Waals surface area contributed by atoms with Gasteiger partial charge in [-0.3, -0.25) is 9.52 Å². The molecule has 0 aliphatic carbocycles. The number of carbonyl (C=O) groups is 1. The third kappa shape index (κ3) is 7.98. The Balaban J connectivity index is 2.40. The highest BCUT2D eigenvalue weighted by Crippen LogP contribution is 2.34. The Morgan fingerprint density at radius 3 is 2.12 bits per heavy atom. The zero-order valence-electron chi connectivity index (χ0n) is 17.4. The lowest BCUT2D eigenvalue weighted by Crippen LogP contribution is -2.32. The van der Waals surface area contributed by atoms with E-state index >= 15 is 0 Å². The van der Waals surface area contributed by atoms with Crippen LogP contribution in [0.4, 0.5) is 37.7 Å². The Morgan fingerprint density at radius 2 is 1.56 bits per heavy atom. The maximum atomic E-state index is 12.9. The number of rotatable bonds is 8. The summed E-state index contributed by atoms with van der Waals surface area (Å²) in [4.78, 5) is 10.9. The lowest BCUT2D eigenvalue weighted by atomic mass is 10.1. The van der Waals surface area contributed by atoms with E-state index in [1.807, 2.05) is 4.72 Å². The van der Waals surface area contributed by atoms with Crippen molar-refractivity contribution in [1.82, 2.24) is 0 Å². The van der Waals surface area contributed by atoms with Crippen LogP contribution in [0.3, 0.4) is 0 Å². The minimum absolute atomic E-state index is 0.316. The van der Waals surface area contributed by atoms with Crippen LogP contribution in [-0.2, 0) is 14.8 Å². The van der Waals surface area contributed by atoms with Gasteiger partial charge in [0.15, 0.2) is 5.75 Å². The Hall–Kier alpha value is -3.20. The van der Waals surface area contributed by atoms with Gasteiger partial charge in [0, 0.05) is 17.8 Å². The standard InChI is InChI=1S/C19H18F6N2O6S/c1-10(2)16(28)17(29)26-11-6-7-15(14(9-11)33-19(23,24)25)34(30,31)27-12-4-3-5-13(8-12)32-18(20,21)22/h3-10,16,27-28H,1-2H3,(H,26,29)/t16-/m0/s1. The second-order valence-electron chi connectivity index (χ2n) is 7.07. The van der Waals surface area contributed by atoms with Gasteiger partial charge in [-0.05, 0) is 30.2 Å². The van der Waals surface area contributed by atoms with Gasteiger partial charge in [-0.15, -0.1) is 26.3 Å². The number of carbonyl (C=O) groups excluding carboxylic acids is 1. The highest BCUT2D eigenvalue weighted by atomic mass is 32.2. The molecule has 0 radical (unpaired) electrons. The molecule has 8 nitrogen and oxygen atoms in total. The highest BCUT2D eigenvalue weighted by molar-refractivity contribution is 7.92. The first-order valence-corrected chi connectivity index (χ1v) is 10.7. The molecule has 0 fully saturated rings. The number of sulfonamides is 1. The van der Waals surface area contributed by atoms with E-state index in [9.17, 15) is 44.7 Å². The van der Waals surface area contributed by atoms with E-state index in [2.05, 4.69) is 14.8 Å². The van der Waals surface area contributed by atoms with Gasteiger partial charge in [0.25, 0.3) is 15.9 Å². The summed E-state index contributed by atoms with van der Waals surface area (Å²) in [7, 11) is -4.83. The number of benzene rings is 2. The van der Waals surface area contributed by atoms with Crippen molar-refractivity contribution >= 4 is 27.3 Å². The van der Waals surface area contributed by atoms with Crippen LogP contribution in [0.15, 0.2) is 47.4 Å². The number of aliphatic hydroxyl groups excluding tert-OH is 1. The summed E-state index contributed by atoms with van der Waals surface area (Å²) < 4.78 is 110. The summed E-state index contributed by atoms with van der Waals surface area (Å²) in [6.45, 7) is 3.02. The van der Waals surface area contributed by atoms with Crippen LogP contribution in [0, 0.1) is 5.92 Å². The fourth-order valence-electron chi connectivity index (χ4n) is 2.50. The van der Waals surface area contributed by atoms with Gasteiger partial charge >= 0.3 is 12.7 Å². The Kier molecular flexibility index (Phi) is 7.93. The van der Waals surface area contributed by atoms with Gasteiger partial charge < -0.3 is 19.9 Å². The maximum absolute atomic E-state index is 12.9. The predicted octanol–water partition coefficient (Wildman–Crippen LogP) is 4.24. The van der Waals surface area contributed by atoms with Crippen LogP contribution in [-0.4, -0.2) is 38.3 Å². The number of halogens is 6. The molecule has 0 heterocycles. The molecule has 0 aliphatic rings. The SMILES string of the molecule is CC(C)[C@H](O)C(=O)Nc1ccc(S(=O)(=O)Nc2cccc(OC(F)(F)F)c2)c(OC(F)(F)F)c1. The molecule has 1 amide bonds. The van der Waals surface area contributed by atoms with Gasteiger partial charge in [-0.2, -0.15) is 0 Å². The Morgan fingerprint density at radius 1 is 0.941 bits per heavy atom. The molecule has 2 rings (SSSR count). The highest BCUT2D eigenvalue weighted by Gasteiger charge is 2.35. The molecule has 0 spiro atoms.